The van der Waals surface area contributed by atoms with Crippen LogP contribution in [-0.2, 0) is 0 Å². The van der Waals surface area contributed by atoms with E-state index >= 15 is 0 Å². The highest BCUT2D eigenvalue weighted by Crippen LogP contribution is 2.26. The summed E-state index contributed by atoms with van der Waals surface area (Å²) in [5.41, 5.74) is 2.43. The van der Waals surface area contributed by atoms with Gasteiger partial charge in [-0.25, -0.2) is 5.84 Å². The summed E-state index contributed by atoms with van der Waals surface area (Å²) in [4.78, 5) is 12.5. The van der Waals surface area contributed by atoms with Gasteiger partial charge in [-0.2, -0.15) is 15.0 Å². The second kappa shape index (κ2) is 6.75. The van der Waals surface area contributed by atoms with E-state index in [0.29, 0.717) is 28.3 Å². The SMILES string of the molecule is CC(C)Oc1nc(NN)nc(SC(C)C(C)C)n1. The number of hydrogen-bond donors (Lipinski definition) is 2. The summed E-state index contributed by atoms with van der Waals surface area (Å²) in [6, 6.07) is 0.298. The molecule has 1 heterocycles. The fourth-order valence-corrected chi connectivity index (χ4v) is 1.90. The van der Waals surface area contributed by atoms with Gasteiger partial charge in [0.05, 0.1) is 6.10 Å². The zero-order chi connectivity index (χ0) is 13.7. The van der Waals surface area contributed by atoms with Crippen molar-refractivity contribution in [3.8, 4) is 6.01 Å². The summed E-state index contributed by atoms with van der Waals surface area (Å²) in [7, 11) is 0. The van der Waals surface area contributed by atoms with Crippen LogP contribution in [0.2, 0.25) is 0 Å². The summed E-state index contributed by atoms with van der Waals surface area (Å²) in [5.74, 6) is 6.20. The van der Waals surface area contributed by atoms with Crippen LogP contribution in [0, 0.1) is 5.92 Å². The normalized spacial score (nSPS) is 12.9. The maximum absolute atomic E-state index is 5.47. The first-order valence-electron chi connectivity index (χ1n) is 5.98. The molecule has 0 saturated heterocycles. The standard InChI is InChI=1S/C11H21N5OS/c1-6(2)8(5)18-11-14-9(16-12)13-10(15-11)17-7(3)4/h6-8H,12H2,1-5H3,(H,13,14,15,16). The van der Waals surface area contributed by atoms with Crippen LogP contribution in [0.15, 0.2) is 5.16 Å². The first-order valence-corrected chi connectivity index (χ1v) is 6.86. The monoisotopic (exact) mass is 271 g/mol. The molecular weight excluding hydrogens is 250 g/mol. The summed E-state index contributed by atoms with van der Waals surface area (Å²) in [5, 5.41) is 1.03. The molecule has 7 heteroatoms. The van der Waals surface area contributed by atoms with Crippen LogP contribution in [0.3, 0.4) is 0 Å². The first kappa shape index (κ1) is 15.0. The number of nitrogens with zero attached hydrogens (tertiary/aromatic N) is 3. The van der Waals surface area contributed by atoms with Gasteiger partial charge in [0.15, 0.2) is 5.16 Å². The van der Waals surface area contributed by atoms with Crippen LogP contribution in [0.4, 0.5) is 5.95 Å². The molecule has 0 aromatic carbocycles. The molecule has 0 radical (unpaired) electrons. The van der Waals surface area contributed by atoms with Gasteiger partial charge in [-0.3, -0.25) is 5.43 Å². The molecule has 0 amide bonds. The minimum atomic E-state index is 0.0124. The van der Waals surface area contributed by atoms with Gasteiger partial charge < -0.3 is 4.74 Å². The van der Waals surface area contributed by atoms with Crippen molar-refractivity contribution < 1.29 is 4.74 Å². The smallest absolute Gasteiger partial charge is 0.322 e. The Morgan fingerprint density at radius 3 is 2.28 bits per heavy atom. The highest BCUT2D eigenvalue weighted by molar-refractivity contribution is 7.99. The highest BCUT2D eigenvalue weighted by Gasteiger charge is 2.14. The molecule has 18 heavy (non-hydrogen) atoms. The van der Waals surface area contributed by atoms with Gasteiger partial charge in [0, 0.05) is 5.25 Å². The molecule has 1 unspecified atom stereocenters. The third kappa shape index (κ3) is 4.66. The summed E-state index contributed by atoms with van der Waals surface area (Å²) in [6.45, 7) is 10.3. The quantitative estimate of drug-likeness (QED) is 0.465. The number of nitrogens with one attached hydrogen (secondary N) is 1. The van der Waals surface area contributed by atoms with Crippen molar-refractivity contribution in [2.45, 2.75) is 51.1 Å². The molecule has 102 valence electrons. The molecule has 1 aromatic heterocycles. The largest absolute Gasteiger partial charge is 0.461 e. The first-order chi connectivity index (χ1) is 8.42. The molecule has 0 aliphatic rings. The molecule has 3 N–H and O–H groups in total. The van der Waals surface area contributed by atoms with Crippen molar-refractivity contribution in [3.63, 3.8) is 0 Å². The van der Waals surface area contributed by atoms with Crippen molar-refractivity contribution in [1.29, 1.82) is 0 Å². The number of rotatable bonds is 6. The third-order valence-electron chi connectivity index (χ3n) is 2.29. The zero-order valence-corrected chi connectivity index (χ0v) is 12.3. The van der Waals surface area contributed by atoms with Crippen LogP contribution < -0.4 is 16.0 Å². The van der Waals surface area contributed by atoms with Crippen LogP contribution in [0.5, 0.6) is 6.01 Å². The molecule has 1 aromatic rings. The van der Waals surface area contributed by atoms with Crippen molar-refractivity contribution in [3.05, 3.63) is 0 Å². The lowest BCUT2D eigenvalue weighted by Crippen LogP contribution is -2.16. The Balaban J connectivity index is 2.89. The summed E-state index contributed by atoms with van der Waals surface area (Å²) in [6.07, 6.45) is 0.0124. The zero-order valence-electron chi connectivity index (χ0n) is 11.5. The van der Waals surface area contributed by atoms with E-state index in [9.17, 15) is 0 Å². The molecule has 0 spiro atoms. The van der Waals surface area contributed by atoms with Gasteiger partial charge >= 0.3 is 6.01 Å². The number of anilines is 1. The molecule has 0 fully saturated rings. The number of aromatic nitrogens is 3. The van der Waals surface area contributed by atoms with E-state index in [-0.39, 0.29) is 6.10 Å². The molecule has 0 aliphatic heterocycles. The molecule has 0 saturated carbocycles. The van der Waals surface area contributed by atoms with Gasteiger partial charge in [0.2, 0.25) is 5.95 Å². The van der Waals surface area contributed by atoms with Crippen molar-refractivity contribution in [2.75, 3.05) is 5.43 Å². The maximum atomic E-state index is 5.47. The van der Waals surface area contributed by atoms with E-state index in [1.165, 1.54) is 0 Å². The van der Waals surface area contributed by atoms with Crippen LogP contribution in [0.1, 0.15) is 34.6 Å². The number of hydrazine groups is 1. The predicted octanol–water partition coefficient (Wildman–Crippen LogP) is 2.08. The Morgan fingerprint density at radius 1 is 1.11 bits per heavy atom. The van der Waals surface area contributed by atoms with Gasteiger partial charge in [-0.05, 0) is 19.8 Å². The average molecular weight is 271 g/mol. The van der Waals surface area contributed by atoms with Crippen molar-refractivity contribution in [2.24, 2.45) is 11.8 Å². The fraction of sp³-hybridized carbons (Fsp3) is 0.727. The Bertz CT molecular complexity index is 386. The number of nitrogens with two attached hydrogens (primary N) is 1. The Hall–Kier alpha value is -1.08. The third-order valence-corrected chi connectivity index (χ3v) is 3.60. The highest BCUT2D eigenvalue weighted by atomic mass is 32.2. The summed E-state index contributed by atoms with van der Waals surface area (Å²) < 4.78 is 5.47. The number of hydrogen-bond acceptors (Lipinski definition) is 7. The number of nitrogen functional groups attached to an aromatic ring is 1. The molecular formula is C11H21N5OS. The van der Waals surface area contributed by atoms with E-state index in [0.717, 1.165) is 0 Å². The predicted molar refractivity (Wildman–Crippen MR) is 73.6 cm³/mol. The van der Waals surface area contributed by atoms with E-state index < -0.39 is 0 Å². The van der Waals surface area contributed by atoms with E-state index in [1.54, 1.807) is 11.8 Å². The van der Waals surface area contributed by atoms with Gasteiger partial charge in [-0.1, -0.05) is 32.5 Å². The van der Waals surface area contributed by atoms with Gasteiger partial charge in [0.25, 0.3) is 0 Å². The Morgan fingerprint density at radius 2 is 1.78 bits per heavy atom. The van der Waals surface area contributed by atoms with Crippen LogP contribution in [0.25, 0.3) is 0 Å². The molecule has 1 rings (SSSR count). The van der Waals surface area contributed by atoms with E-state index in [2.05, 4.69) is 41.1 Å². The average Bonchev–Trinajstić information content (AvgIpc) is 2.27. The molecule has 0 aliphatic carbocycles. The van der Waals surface area contributed by atoms with E-state index in [4.69, 9.17) is 10.6 Å². The second-order valence-corrected chi connectivity index (χ2v) is 5.95. The van der Waals surface area contributed by atoms with Crippen molar-refractivity contribution >= 4 is 17.7 Å². The molecule has 1 atom stereocenters. The lowest BCUT2D eigenvalue weighted by Gasteiger charge is -2.15. The minimum absolute atomic E-state index is 0.0124. The molecule has 6 nitrogen and oxygen atoms in total. The molecule has 0 bridgehead atoms. The van der Waals surface area contributed by atoms with Gasteiger partial charge in [0.1, 0.15) is 0 Å². The number of ether oxygens (including phenoxy) is 1. The van der Waals surface area contributed by atoms with Crippen molar-refractivity contribution in [1.82, 2.24) is 15.0 Å². The lowest BCUT2D eigenvalue weighted by molar-refractivity contribution is 0.219. The minimum Gasteiger partial charge on any atom is -0.461 e. The van der Waals surface area contributed by atoms with Gasteiger partial charge in [-0.15, -0.1) is 0 Å². The second-order valence-electron chi connectivity index (χ2n) is 4.60. The Labute approximate surface area is 112 Å². The fourth-order valence-electron chi connectivity index (χ4n) is 1.02. The van der Waals surface area contributed by atoms with Crippen LogP contribution in [-0.4, -0.2) is 26.3 Å². The number of thioether (sulfide) groups is 1. The lowest BCUT2D eigenvalue weighted by atomic mass is 10.2. The topological polar surface area (TPSA) is 86.0 Å². The Kier molecular flexibility index (Phi) is 5.61. The van der Waals surface area contributed by atoms with E-state index in [1.807, 2.05) is 13.8 Å². The maximum Gasteiger partial charge on any atom is 0.322 e. The van der Waals surface area contributed by atoms with Crippen LogP contribution >= 0.6 is 11.8 Å². The summed E-state index contributed by atoms with van der Waals surface area (Å²) >= 11 is 1.58.